The van der Waals surface area contributed by atoms with Gasteiger partial charge in [-0.2, -0.15) is 0 Å². The topological polar surface area (TPSA) is 62.5 Å². The first-order valence-corrected chi connectivity index (χ1v) is 8.14. The number of aromatic hydroxyl groups is 1. The van der Waals surface area contributed by atoms with Gasteiger partial charge in [-0.3, -0.25) is 9.59 Å². The summed E-state index contributed by atoms with van der Waals surface area (Å²) in [5.41, 5.74) is -0.236. The van der Waals surface area contributed by atoms with E-state index in [4.69, 9.17) is 23.2 Å². The number of aromatic nitrogens is 1. The molecule has 1 amide bonds. The van der Waals surface area contributed by atoms with Crippen LogP contribution >= 0.6 is 23.2 Å². The second kappa shape index (κ2) is 5.83. The molecule has 1 aromatic carbocycles. The Labute approximate surface area is 149 Å². The van der Waals surface area contributed by atoms with E-state index in [0.29, 0.717) is 23.1 Å². The molecule has 1 N–H and O–H groups in total. The van der Waals surface area contributed by atoms with Crippen LogP contribution in [-0.2, 0) is 13.1 Å². The molecule has 126 valence electrons. The zero-order valence-corrected chi connectivity index (χ0v) is 14.7. The Morgan fingerprint density at radius 3 is 2.54 bits per heavy atom. The minimum Gasteiger partial charge on any atom is -0.503 e. The van der Waals surface area contributed by atoms with Crippen molar-refractivity contribution in [3.05, 3.63) is 62.0 Å². The van der Waals surface area contributed by atoms with Crippen molar-refractivity contribution in [3.63, 3.8) is 0 Å². The van der Waals surface area contributed by atoms with Crippen LogP contribution in [0.15, 0.2) is 35.3 Å². The van der Waals surface area contributed by atoms with Crippen molar-refractivity contribution < 1.29 is 9.90 Å². The van der Waals surface area contributed by atoms with Crippen molar-refractivity contribution in [1.82, 2.24) is 9.47 Å². The van der Waals surface area contributed by atoms with Gasteiger partial charge in [0.1, 0.15) is 0 Å². The van der Waals surface area contributed by atoms with Crippen LogP contribution in [0.3, 0.4) is 0 Å². The fraction of sp³-hybridized carbons (Fsp3) is 0.294. The number of nitrogens with zero attached hydrogens (tertiary/aromatic N) is 2. The minimum absolute atomic E-state index is 0.0156. The maximum Gasteiger partial charge on any atom is 0.275 e. The van der Waals surface area contributed by atoms with Crippen LogP contribution in [0.2, 0.25) is 10.0 Å². The predicted octanol–water partition coefficient (Wildman–Crippen LogP) is 3.30. The number of rotatable bonds is 2. The monoisotopic (exact) mass is 366 g/mol. The van der Waals surface area contributed by atoms with Gasteiger partial charge in [0.15, 0.2) is 11.4 Å². The van der Waals surface area contributed by atoms with Gasteiger partial charge in [0.2, 0.25) is 5.43 Å². The molecule has 0 unspecified atom stereocenters. The summed E-state index contributed by atoms with van der Waals surface area (Å²) in [6.07, 6.45) is 1.54. The maximum atomic E-state index is 12.9. The average Bonchev–Trinajstić information content (AvgIpc) is 2.50. The molecule has 1 aliphatic heterocycles. The Balaban J connectivity index is 2.04. The highest BCUT2D eigenvalue weighted by atomic mass is 35.5. The van der Waals surface area contributed by atoms with E-state index in [1.54, 1.807) is 27.7 Å². The number of halogens is 2. The first-order valence-electron chi connectivity index (χ1n) is 7.39. The predicted molar refractivity (Wildman–Crippen MR) is 92.8 cm³/mol. The highest BCUT2D eigenvalue weighted by Crippen LogP contribution is 2.31. The molecule has 5 nitrogen and oxygen atoms in total. The van der Waals surface area contributed by atoms with E-state index < -0.39 is 22.6 Å². The molecular weight excluding hydrogens is 351 g/mol. The molecule has 0 fully saturated rings. The molecule has 3 rings (SSSR count). The molecule has 2 aromatic rings. The van der Waals surface area contributed by atoms with Gasteiger partial charge in [-0.15, -0.1) is 0 Å². The smallest absolute Gasteiger partial charge is 0.275 e. The standard InChI is InChI=1S/C17H16Cl2N2O3/c1-17(2)9-20-6-5-13(22)15(23)14(20)16(24)21(17)8-10-3-4-11(18)12(19)7-10/h3-7,23H,8-9H2,1-2H3. The van der Waals surface area contributed by atoms with Crippen molar-refractivity contribution in [3.8, 4) is 5.75 Å². The number of amides is 1. The van der Waals surface area contributed by atoms with E-state index in [-0.39, 0.29) is 5.69 Å². The van der Waals surface area contributed by atoms with Crippen LogP contribution in [-0.4, -0.2) is 26.0 Å². The Bertz CT molecular complexity index is 890. The third kappa shape index (κ3) is 2.78. The van der Waals surface area contributed by atoms with Crippen molar-refractivity contribution in [2.24, 2.45) is 0 Å². The molecule has 0 radical (unpaired) electrons. The molecule has 24 heavy (non-hydrogen) atoms. The number of hydrogen-bond acceptors (Lipinski definition) is 3. The maximum absolute atomic E-state index is 12.9. The van der Waals surface area contributed by atoms with E-state index in [0.717, 1.165) is 5.56 Å². The summed E-state index contributed by atoms with van der Waals surface area (Å²) < 4.78 is 1.62. The lowest BCUT2D eigenvalue weighted by atomic mass is 9.96. The van der Waals surface area contributed by atoms with Gasteiger partial charge in [0.05, 0.1) is 15.6 Å². The molecule has 0 bridgehead atoms. The van der Waals surface area contributed by atoms with Gasteiger partial charge in [0, 0.05) is 25.4 Å². The lowest BCUT2D eigenvalue weighted by Crippen LogP contribution is -2.54. The first-order chi connectivity index (χ1) is 11.2. The molecular formula is C17H16Cl2N2O3. The summed E-state index contributed by atoms with van der Waals surface area (Å²) in [5, 5.41) is 10.9. The van der Waals surface area contributed by atoms with Crippen LogP contribution in [0, 0.1) is 0 Å². The zero-order chi connectivity index (χ0) is 17.6. The van der Waals surface area contributed by atoms with Gasteiger partial charge in [-0.25, -0.2) is 0 Å². The highest BCUT2D eigenvalue weighted by molar-refractivity contribution is 6.42. The Morgan fingerprint density at radius 2 is 1.88 bits per heavy atom. The third-order valence-electron chi connectivity index (χ3n) is 4.21. The fourth-order valence-corrected chi connectivity index (χ4v) is 3.25. The average molecular weight is 367 g/mol. The van der Waals surface area contributed by atoms with Crippen LogP contribution in [0.4, 0.5) is 0 Å². The Morgan fingerprint density at radius 1 is 1.17 bits per heavy atom. The van der Waals surface area contributed by atoms with Gasteiger partial charge in [0.25, 0.3) is 5.91 Å². The van der Waals surface area contributed by atoms with Crippen LogP contribution < -0.4 is 5.43 Å². The largest absolute Gasteiger partial charge is 0.503 e. The Hall–Kier alpha value is -1.98. The van der Waals surface area contributed by atoms with Crippen molar-refractivity contribution in [1.29, 1.82) is 0 Å². The summed E-state index contributed by atoms with van der Waals surface area (Å²) in [7, 11) is 0. The SMILES string of the molecule is CC1(C)Cn2ccc(=O)c(O)c2C(=O)N1Cc1ccc(Cl)c(Cl)c1. The summed E-state index contributed by atoms with van der Waals surface area (Å²) >= 11 is 12.0. The molecule has 0 atom stereocenters. The minimum atomic E-state index is -0.566. The van der Waals surface area contributed by atoms with E-state index in [9.17, 15) is 14.7 Å². The molecule has 7 heteroatoms. The van der Waals surface area contributed by atoms with Crippen LogP contribution in [0.25, 0.3) is 0 Å². The normalized spacial score (nSPS) is 16.2. The number of hydrogen-bond donors (Lipinski definition) is 1. The highest BCUT2D eigenvalue weighted by Gasteiger charge is 2.39. The van der Waals surface area contributed by atoms with E-state index >= 15 is 0 Å². The Kier molecular flexibility index (Phi) is 4.10. The fourth-order valence-electron chi connectivity index (χ4n) is 2.93. The number of pyridine rings is 1. The van der Waals surface area contributed by atoms with Gasteiger partial charge in [-0.1, -0.05) is 29.3 Å². The van der Waals surface area contributed by atoms with Gasteiger partial charge >= 0.3 is 0 Å². The molecule has 1 aromatic heterocycles. The number of fused-ring (bicyclic) bond motifs is 1. The molecule has 0 spiro atoms. The lowest BCUT2D eigenvalue weighted by Gasteiger charge is -2.43. The summed E-state index contributed by atoms with van der Waals surface area (Å²) in [6, 6.07) is 6.44. The number of benzene rings is 1. The second-order valence-electron chi connectivity index (χ2n) is 6.46. The van der Waals surface area contributed by atoms with Gasteiger partial charge < -0.3 is 14.6 Å². The van der Waals surface area contributed by atoms with E-state index in [2.05, 4.69) is 0 Å². The molecule has 1 aliphatic rings. The summed E-state index contributed by atoms with van der Waals surface area (Å²) in [5.74, 6) is -0.912. The number of carbonyl (C=O) groups is 1. The zero-order valence-electron chi connectivity index (χ0n) is 13.2. The quantitative estimate of drug-likeness (QED) is 0.886. The van der Waals surface area contributed by atoms with Crippen molar-refractivity contribution in [2.45, 2.75) is 32.5 Å². The molecule has 0 saturated heterocycles. The first kappa shape index (κ1) is 16.9. The van der Waals surface area contributed by atoms with E-state index in [1.807, 2.05) is 13.8 Å². The van der Waals surface area contributed by atoms with Crippen LogP contribution in [0.5, 0.6) is 5.75 Å². The van der Waals surface area contributed by atoms with Gasteiger partial charge in [-0.05, 0) is 31.5 Å². The van der Waals surface area contributed by atoms with Crippen molar-refractivity contribution >= 4 is 29.1 Å². The summed E-state index contributed by atoms with van der Waals surface area (Å²) in [6.45, 7) is 4.62. The van der Waals surface area contributed by atoms with Crippen molar-refractivity contribution in [2.75, 3.05) is 0 Å². The third-order valence-corrected chi connectivity index (χ3v) is 4.95. The lowest BCUT2D eigenvalue weighted by molar-refractivity contribution is 0.0377. The second-order valence-corrected chi connectivity index (χ2v) is 7.27. The molecule has 2 heterocycles. The molecule has 0 aliphatic carbocycles. The van der Waals surface area contributed by atoms with Crippen LogP contribution in [0.1, 0.15) is 29.9 Å². The summed E-state index contributed by atoms with van der Waals surface area (Å²) in [4.78, 5) is 26.2. The molecule has 0 saturated carbocycles. The van der Waals surface area contributed by atoms with E-state index in [1.165, 1.54) is 12.3 Å². The number of carbonyl (C=O) groups excluding carboxylic acids is 1.